The number of carbonyl (C=O) groups excluding carboxylic acids is 1. The zero-order valence-electron chi connectivity index (χ0n) is 16.6. The van der Waals surface area contributed by atoms with Gasteiger partial charge in [-0.05, 0) is 52.9 Å². The molecule has 0 aliphatic heterocycles. The third kappa shape index (κ3) is 4.67. The first-order valence-electron chi connectivity index (χ1n) is 9.49. The van der Waals surface area contributed by atoms with Crippen LogP contribution in [0.5, 0.6) is 5.75 Å². The van der Waals surface area contributed by atoms with E-state index in [1.807, 2.05) is 42.5 Å². The molecular weight excluding hydrogens is 414 g/mol. The Morgan fingerprint density at radius 2 is 1.87 bits per heavy atom. The Morgan fingerprint density at radius 1 is 1.10 bits per heavy atom. The van der Waals surface area contributed by atoms with Crippen LogP contribution >= 0.6 is 11.6 Å². The Balaban J connectivity index is 1.57. The van der Waals surface area contributed by atoms with Gasteiger partial charge in [-0.25, -0.2) is 0 Å². The van der Waals surface area contributed by atoms with Gasteiger partial charge >= 0.3 is 0 Å². The van der Waals surface area contributed by atoms with Crippen molar-refractivity contribution in [3.8, 4) is 11.4 Å². The van der Waals surface area contributed by atoms with Crippen LogP contribution in [-0.2, 0) is 6.42 Å². The van der Waals surface area contributed by atoms with Crippen LogP contribution in [0.15, 0.2) is 77.8 Å². The Hall–Kier alpha value is -3.84. The SMILES string of the molecule is COc1ccc(-n2nnnc2CC=Nc2ccc(Cl)cc2C(=O)c2ccccc2)cc1. The molecule has 0 spiro atoms. The largest absolute Gasteiger partial charge is 0.497 e. The fourth-order valence-corrected chi connectivity index (χ4v) is 3.20. The fraction of sp³-hybridized carbons (Fsp3) is 0.0870. The lowest BCUT2D eigenvalue weighted by Gasteiger charge is -2.06. The van der Waals surface area contributed by atoms with Crippen molar-refractivity contribution < 1.29 is 9.53 Å². The number of aliphatic imine (C=N–C) groups is 1. The van der Waals surface area contributed by atoms with Crippen LogP contribution in [0.25, 0.3) is 5.69 Å². The number of carbonyl (C=O) groups is 1. The molecule has 1 aromatic heterocycles. The Morgan fingerprint density at radius 3 is 2.61 bits per heavy atom. The van der Waals surface area contributed by atoms with Gasteiger partial charge in [-0.3, -0.25) is 9.79 Å². The van der Waals surface area contributed by atoms with Gasteiger partial charge in [-0.15, -0.1) is 5.10 Å². The summed E-state index contributed by atoms with van der Waals surface area (Å²) in [7, 11) is 1.61. The monoisotopic (exact) mass is 431 g/mol. The van der Waals surface area contributed by atoms with Crippen LogP contribution in [-0.4, -0.2) is 39.3 Å². The Labute approximate surface area is 184 Å². The second kappa shape index (κ2) is 9.32. The summed E-state index contributed by atoms with van der Waals surface area (Å²) in [5.74, 6) is 1.22. The molecule has 8 heteroatoms. The van der Waals surface area contributed by atoms with Gasteiger partial charge in [0.15, 0.2) is 11.6 Å². The molecule has 0 aliphatic carbocycles. The number of ketones is 1. The Bertz CT molecular complexity index is 1220. The molecule has 0 amide bonds. The fourth-order valence-electron chi connectivity index (χ4n) is 3.03. The van der Waals surface area contributed by atoms with Crippen LogP contribution in [0, 0.1) is 0 Å². The van der Waals surface area contributed by atoms with Crippen LogP contribution in [0.4, 0.5) is 5.69 Å². The third-order valence-corrected chi connectivity index (χ3v) is 4.83. The first-order valence-corrected chi connectivity index (χ1v) is 9.87. The summed E-state index contributed by atoms with van der Waals surface area (Å²) in [6, 6.07) is 21.5. The molecule has 0 saturated carbocycles. The van der Waals surface area contributed by atoms with Crippen LogP contribution in [0.3, 0.4) is 0 Å². The molecule has 0 atom stereocenters. The first-order chi connectivity index (χ1) is 15.2. The van der Waals surface area contributed by atoms with Crippen molar-refractivity contribution in [2.75, 3.05) is 7.11 Å². The normalized spacial score (nSPS) is 11.0. The average molecular weight is 432 g/mol. The lowest BCUT2D eigenvalue weighted by atomic mass is 10.0. The molecule has 4 rings (SSSR count). The number of aromatic nitrogens is 4. The van der Waals surface area contributed by atoms with Gasteiger partial charge in [0.1, 0.15) is 5.75 Å². The topological polar surface area (TPSA) is 82.3 Å². The second-order valence-electron chi connectivity index (χ2n) is 6.58. The Kier molecular flexibility index (Phi) is 6.14. The molecule has 0 fully saturated rings. The third-order valence-electron chi connectivity index (χ3n) is 4.59. The molecule has 0 N–H and O–H groups in total. The quantitative estimate of drug-likeness (QED) is 0.318. The van der Waals surface area contributed by atoms with Crippen molar-refractivity contribution in [2.24, 2.45) is 4.99 Å². The predicted molar refractivity (Wildman–Crippen MR) is 119 cm³/mol. The maximum absolute atomic E-state index is 12.9. The number of hydrogen-bond acceptors (Lipinski definition) is 6. The van der Waals surface area contributed by atoms with Crippen molar-refractivity contribution in [3.05, 3.63) is 94.8 Å². The van der Waals surface area contributed by atoms with Crippen molar-refractivity contribution >= 4 is 29.3 Å². The summed E-state index contributed by atoms with van der Waals surface area (Å²) in [4.78, 5) is 17.4. The molecule has 3 aromatic carbocycles. The van der Waals surface area contributed by atoms with E-state index in [0.717, 1.165) is 11.4 Å². The van der Waals surface area contributed by atoms with E-state index in [1.165, 1.54) is 0 Å². The molecule has 0 unspecified atom stereocenters. The summed E-state index contributed by atoms with van der Waals surface area (Å²) >= 11 is 6.13. The minimum Gasteiger partial charge on any atom is -0.497 e. The summed E-state index contributed by atoms with van der Waals surface area (Å²) in [6.45, 7) is 0. The molecule has 0 radical (unpaired) electrons. The highest BCUT2D eigenvalue weighted by Crippen LogP contribution is 2.26. The highest BCUT2D eigenvalue weighted by molar-refractivity contribution is 6.31. The van der Waals surface area contributed by atoms with E-state index in [2.05, 4.69) is 20.5 Å². The van der Waals surface area contributed by atoms with Gasteiger partial charge < -0.3 is 4.74 Å². The second-order valence-corrected chi connectivity index (χ2v) is 7.01. The number of nitrogens with zero attached hydrogens (tertiary/aromatic N) is 5. The molecule has 31 heavy (non-hydrogen) atoms. The van der Waals surface area contributed by atoms with Crippen LogP contribution < -0.4 is 4.74 Å². The van der Waals surface area contributed by atoms with E-state index in [0.29, 0.717) is 34.1 Å². The molecule has 4 aromatic rings. The zero-order chi connectivity index (χ0) is 21.6. The van der Waals surface area contributed by atoms with Crippen molar-refractivity contribution in [1.29, 1.82) is 0 Å². The summed E-state index contributed by atoms with van der Waals surface area (Å²) in [6.07, 6.45) is 2.05. The number of methoxy groups -OCH3 is 1. The summed E-state index contributed by atoms with van der Waals surface area (Å²) in [5.41, 5.74) is 2.34. The molecule has 0 saturated heterocycles. The predicted octanol–water partition coefficient (Wildman–Crippen LogP) is 4.50. The average Bonchev–Trinajstić information content (AvgIpc) is 3.28. The standard InChI is InChI=1S/C23H18ClN5O2/c1-31-19-10-8-18(9-11-19)29-22(26-27-28-29)13-14-25-21-12-7-17(24)15-20(21)23(30)16-5-3-2-4-6-16/h2-12,14-15H,13H2,1H3. The van der Waals surface area contributed by atoms with Gasteiger partial charge in [0.05, 0.1) is 18.5 Å². The van der Waals surface area contributed by atoms with Crippen LogP contribution in [0.2, 0.25) is 5.02 Å². The maximum atomic E-state index is 12.9. The molecule has 7 nitrogen and oxygen atoms in total. The maximum Gasteiger partial charge on any atom is 0.195 e. The van der Waals surface area contributed by atoms with Crippen molar-refractivity contribution in [1.82, 2.24) is 20.2 Å². The number of tetrazole rings is 1. The van der Waals surface area contributed by atoms with Crippen molar-refractivity contribution in [3.63, 3.8) is 0 Å². The van der Waals surface area contributed by atoms with Crippen LogP contribution in [0.1, 0.15) is 21.7 Å². The number of benzene rings is 3. The summed E-state index contributed by atoms with van der Waals surface area (Å²) in [5, 5.41) is 12.4. The van der Waals surface area contributed by atoms with Gasteiger partial charge in [-0.2, -0.15) is 4.68 Å². The van der Waals surface area contributed by atoms with Gasteiger partial charge in [0.25, 0.3) is 0 Å². The number of halogens is 1. The number of rotatable bonds is 7. The summed E-state index contributed by atoms with van der Waals surface area (Å²) < 4.78 is 6.81. The molecular formula is C23H18ClN5O2. The zero-order valence-corrected chi connectivity index (χ0v) is 17.4. The van der Waals surface area contributed by atoms with Crippen molar-refractivity contribution in [2.45, 2.75) is 6.42 Å². The number of hydrogen-bond donors (Lipinski definition) is 0. The minimum absolute atomic E-state index is 0.140. The lowest BCUT2D eigenvalue weighted by molar-refractivity contribution is 0.103. The lowest BCUT2D eigenvalue weighted by Crippen LogP contribution is -2.04. The highest BCUT2D eigenvalue weighted by atomic mass is 35.5. The molecule has 154 valence electrons. The molecule has 0 aliphatic rings. The molecule has 0 bridgehead atoms. The van der Waals surface area contributed by atoms with Gasteiger partial charge in [0.2, 0.25) is 0 Å². The van der Waals surface area contributed by atoms with E-state index in [9.17, 15) is 4.79 Å². The van der Waals surface area contributed by atoms with E-state index in [4.69, 9.17) is 16.3 Å². The minimum atomic E-state index is -0.140. The van der Waals surface area contributed by atoms with E-state index < -0.39 is 0 Å². The van der Waals surface area contributed by atoms with E-state index >= 15 is 0 Å². The smallest absolute Gasteiger partial charge is 0.195 e. The first kappa shape index (κ1) is 20.4. The van der Waals surface area contributed by atoms with E-state index in [-0.39, 0.29) is 5.78 Å². The van der Waals surface area contributed by atoms with E-state index in [1.54, 1.807) is 48.3 Å². The van der Waals surface area contributed by atoms with Gasteiger partial charge in [0, 0.05) is 28.8 Å². The number of ether oxygens (including phenoxy) is 1. The van der Waals surface area contributed by atoms with Gasteiger partial charge in [-0.1, -0.05) is 41.9 Å². The molecule has 1 heterocycles. The highest BCUT2D eigenvalue weighted by Gasteiger charge is 2.14.